The van der Waals surface area contributed by atoms with Crippen LogP contribution in [0.4, 0.5) is 17.1 Å². The maximum atomic E-state index is 12.4. The minimum atomic E-state index is -0.207. The van der Waals surface area contributed by atoms with Crippen molar-refractivity contribution in [1.29, 1.82) is 0 Å². The van der Waals surface area contributed by atoms with Crippen molar-refractivity contribution >= 4 is 34.6 Å². The van der Waals surface area contributed by atoms with Gasteiger partial charge in [-0.1, -0.05) is 17.7 Å². The van der Waals surface area contributed by atoms with Gasteiger partial charge in [-0.05, 0) is 50.2 Å². The zero-order valence-corrected chi connectivity index (χ0v) is 13.5. The smallest absolute Gasteiger partial charge is 0.255 e. The number of nitrogens with two attached hydrogens (primary N) is 1. The minimum Gasteiger partial charge on any atom is -0.399 e. The van der Waals surface area contributed by atoms with Crippen LogP contribution in [-0.4, -0.2) is 19.0 Å². The van der Waals surface area contributed by atoms with E-state index in [1.54, 1.807) is 30.3 Å². The Balaban J connectivity index is 2.32. The third-order valence-electron chi connectivity index (χ3n) is 3.46. The van der Waals surface area contributed by atoms with Gasteiger partial charge >= 0.3 is 0 Å². The molecule has 0 unspecified atom stereocenters. The fourth-order valence-electron chi connectivity index (χ4n) is 2.32. The molecule has 116 valence electrons. The summed E-state index contributed by atoms with van der Waals surface area (Å²) in [5.74, 6) is -0.207. The van der Waals surface area contributed by atoms with E-state index in [1.165, 1.54) is 0 Å². The van der Waals surface area contributed by atoms with Gasteiger partial charge in [0.1, 0.15) is 0 Å². The van der Waals surface area contributed by atoms with Crippen LogP contribution in [0.15, 0.2) is 42.5 Å². The molecular weight excluding hydrogens is 298 g/mol. The monoisotopic (exact) mass is 317 g/mol. The van der Waals surface area contributed by atoms with Crippen molar-refractivity contribution in [1.82, 2.24) is 0 Å². The number of hydrogen-bond donors (Lipinski definition) is 2. The van der Waals surface area contributed by atoms with Crippen LogP contribution in [-0.2, 0) is 0 Å². The lowest BCUT2D eigenvalue weighted by Gasteiger charge is -2.24. The molecule has 0 aromatic heterocycles. The number of rotatable bonds is 5. The quantitative estimate of drug-likeness (QED) is 0.819. The van der Waals surface area contributed by atoms with Gasteiger partial charge in [-0.15, -0.1) is 0 Å². The molecule has 22 heavy (non-hydrogen) atoms. The summed E-state index contributed by atoms with van der Waals surface area (Å²) in [6, 6.07) is 12.4. The van der Waals surface area contributed by atoms with Gasteiger partial charge in [-0.25, -0.2) is 0 Å². The topological polar surface area (TPSA) is 58.4 Å². The van der Waals surface area contributed by atoms with Gasteiger partial charge in [-0.3, -0.25) is 4.79 Å². The Morgan fingerprint density at radius 3 is 2.55 bits per heavy atom. The molecule has 0 spiro atoms. The third kappa shape index (κ3) is 3.71. The molecule has 0 aliphatic heterocycles. The molecule has 2 aromatic carbocycles. The Labute approximate surface area is 135 Å². The second-order valence-corrected chi connectivity index (χ2v) is 5.35. The molecule has 3 N–H and O–H groups in total. The molecule has 0 heterocycles. The highest BCUT2D eigenvalue weighted by Crippen LogP contribution is 2.28. The second-order valence-electron chi connectivity index (χ2n) is 4.91. The molecule has 0 aliphatic rings. The lowest BCUT2D eigenvalue weighted by Crippen LogP contribution is -2.24. The third-order valence-corrected chi connectivity index (χ3v) is 3.69. The number of hydrogen-bond acceptors (Lipinski definition) is 3. The molecule has 1 amide bonds. The first-order valence-corrected chi connectivity index (χ1v) is 7.64. The Morgan fingerprint density at radius 2 is 1.91 bits per heavy atom. The fourth-order valence-corrected chi connectivity index (χ4v) is 2.51. The number of carbonyl (C=O) groups excluding carboxylic acids is 1. The van der Waals surface area contributed by atoms with Gasteiger partial charge < -0.3 is 16.0 Å². The van der Waals surface area contributed by atoms with Crippen LogP contribution in [0.3, 0.4) is 0 Å². The van der Waals surface area contributed by atoms with Crippen molar-refractivity contribution in [3.8, 4) is 0 Å². The number of halogens is 1. The molecule has 4 nitrogen and oxygen atoms in total. The average molecular weight is 318 g/mol. The van der Waals surface area contributed by atoms with E-state index < -0.39 is 0 Å². The van der Waals surface area contributed by atoms with Crippen LogP contribution in [0.25, 0.3) is 0 Å². The first kappa shape index (κ1) is 16.2. The van der Waals surface area contributed by atoms with E-state index in [1.807, 2.05) is 12.1 Å². The van der Waals surface area contributed by atoms with E-state index in [2.05, 4.69) is 24.1 Å². The first-order chi connectivity index (χ1) is 10.5. The minimum absolute atomic E-state index is 0.207. The molecule has 0 bridgehead atoms. The van der Waals surface area contributed by atoms with E-state index >= 15 is 0 Å². The Morgan fingerprint density at radius 1 is 1.18 bits per heavy atom. The largest absolute Gasteiger partial charge is 0.399 e. The van der Waals surface area contributed by atoms with E-state index in [4.69, 9.17) is 17.3 Å². The highest BCUT2D eigenvalue weighted by molar-refractivity contribution is 6.31. The summed E-state index contributed by atoms with van der Waals surface area (Å²) < 4.78 is 0. The van der Waals surface area contributed by atoms with Gasteiger partial charge in [0, 0.05) is 29.4 Å². The lowest BCUT2D eigenvalue weighted by atomic mass is 10.1. The number of benzene rings is 2. The summed E-state index contributed by atoms with van der Waals surface area (Å²) in [7, 11) is 0. The van der Waals surface area contributed by atoms with Crippen LogP contribution < -0.4 is 16.0 Å². The zero-order valence-electron chi connectivity index (χ0n) is 12.8. The molecule has 0 atom stereocenters. The van der Waals surface area contributed by atoms with Gasteiger partial charge in [0.2, 0.25) is 0 Å². The summed E-state index contributed by atoms with van der Waals surface area (Å²) in [6.07, 6.45) is 0. The number of nitrogens with zero attached hydrogens (tertiary/aromatic N) is 1. The van der Waals surface area contributed by atoms with E-state index in [9.17, 15) is 4.79 Å². The van der Waals surface area contributed by atoms with Crippen LogP contribution in [0, 0.1) is 0 Å². The van der Waals surface area contributed by atoms with Gasteiger partial charge in [0.05, 0.1) is 11.4 Å². The molecule has 0 fully saturated rings. The fraction of sp³-hybridized carbons (Fsp3) is 0.235. The number of amides is 1. The molecule has 2 aromatic rings. The summed E-state index contributed by atoms with van der Waals surface area (Å²) >= 11 is 5.94. The Hall–Kier alpha value is -2.20. The average Bonchev–Trinajstić information content (AvgIpc) is 2.50. The predicted octanol–water partition coefficient (Wildman–Crippen LogP) is 4.02. The molecule has 0 saturated carbocycles. The summed E-state index contributed by atoms with van der Waals surface area (Å²) in [4.78, 5) is 14.6. The van der Waals surface area contributed by atoms with Crippen LogP contribution >= 0.6 is 11.6 Å². The summed E-state index contributed by atoms with van der Waals surface area (Å²) in [6.45, 7) is 5.84. The Kier molecular flexibility index (Phi) is 5.28. The highest BCUT2D eigenvalue weighted by atomic mass is 35.5. The molecule has 0 aliphatic carbocycles. The van der Waals surface area contributed by atoms with Crippen molar-refractivity contribution in [2.45, 2.75) is 13.8 Å². The summed E-state index contributed by atoms with van der Waals surface area (Å²) in [5.41, 5.74) is 8.64. The Bertz CT molecular complexity index is 669. The standard InChI is InChI=1S/C17H20ClN3O/c1-3-21(4-2)16-9-8-14(19)11-15(16)20-17(22)12-6-5-7-13(18)10-12/h5-11H,3-4,19H2,1-2H3,(H,20,22). The van der Waals surface area contributed by atoms with Gasteiger partial charge in [-0.2, -0.15) is 0 Å². The van der Waals surface area contributed by atoms with E-state index in [0.29, 0.717) is 22.0 Å². The van der Waals surface area contributed by atoms with Crippen LogP contribution in [0.5, 0.6) is 0 Å². The van der Waals surface area contributed by atoms with Crippen molar-refractivity contribution in [2.24, 2.45) is 0 Å². The molecule has 5 heteroatoms. The number of nitrogens with one attached hydrogen (secondary N) is 1. The van der Waals surface area contributed by atoms with Crippen LogP contribution in [0.1, 0.15) is 24.2 Å². The highest BCUT2D eigenvalue weighted by Gasteiger charge is 2.13. The molecule has 0 saturated heterocycles. The van der Waals surface area contributed by atoms with Gasteiger partial charge in [0.25, 0.3) is 5.91 Å². The molecule has 0 radical (unpaired) electrons. The lowest BCUT2D eigenvalue weighted by molar-refractivity contribution is 0.102. The number of anilines is 3. The predicted molar refractivity (Wildman–Crippen MR) is 93.8 cm³/mol. The first-order valence-electron chi connectivity index (χ1n) is 7.26. The van der Waals surface area contributed by atoms with Crippen molar-refractivity contribution in [3.63, 3.8) is 0 Å². The molecule has 2 rings (SSSR count). The van der Waals surface area contributed by atoms with Crippen LogP contribution in [0.2, 0.25) is 5.02 Å². The van der Waals surface area contributed by atoms with E-state index in [-0.39, 0.29) is 5.91 Å². The normalized spacial score (nSPS) is 10.3. The van der Waals surface area contributed by atoms with Crippen molar-refractivity contribution in [3.05, 3.63) is 53.1 Å². The second kappa shape index (κ2) is 7.18. The SMILES string of the molecule is CCN(CC)c1ccc(N)cc1NC(=O)c1cccc(Cl)c1. The van der Waals surface area contributed by atoms with E-state index in [0.717, 1.165) is 18.8 Å². The van der Waals surface area contributed by atoms with Gasteiger partial charge in [0.15, 0.2) is 0 Å². The summed E-state index contributed by atoms with van der Waals surface area (Å²) in [5, 5.41) is 3.46. The molecular formula is C17H20ClN3O. The maximum Gasteiger partial charge on any atom is 0.255 e. The number of nitrogen functional groups attached to an aromatic ring is 1. The maximum absolute atomic E-state index is 12.4. The number of carbonyl (C=O) groups is 1. The zero-order chi connectivity index (χ0) is 16.1. The van der Waals surface area contributed by atoms with Crippen molar-refractivity contribution < 1.29 is 4.79 Å². The van der Waals surface area contributed by atoms with Crippen molar-refractivity contribution in [2.75, 3.05) is 29.0 Å².